The van der Waals surface area contributed by atoms with Crippen molar-refractivity contribution >= 4 is 11.6 Å². The van der Waals surface area contributed by atoms with Crippen molar-refractivity contribution in [2.45, 2.75) is 50.5 Å². The number of halogens is 3. The average molecular weight is 420 g/mol. The third kappa shape index (κ3) is 4.83. The van der Waals surface area contributed by atoms with E-state index in [9.17, 15) is 13.2 Å². The van der Waals surface area contributed by atoms with Crippen molar-refractivity contribution in [3.8, 4) is 0 Å². The van der Waals surface area contributed by atoms with Crippen molar-refractivity contribution in [2.75, 3.05) is 37.0 Å². The molecule has 0 radical (unpaired) electrons. The summed E-state index contributed by atoms with van der Waals surface area (Å²) < 4.78 is 38.1. The number of aromatic nitrogens is 3. The molecule has 1 aliphatic carbocycles. The van der Waals surface area contributed by atoms with Crippen LogP contribution in [0.5, 0.6) is 0 Å². The summed E-state index contributed by atoms with van der Waals surface area (Å²) in [4.78, 5) is 19.2. The molecular weight excluding hydrogens is 393 g/mol. The van der Waals surface area contributed by atoms with Gasteiger partial charge in [-0.2, -0.15) is 13.2 Å². The van der Waals surface area contributed by atoms with Gasteiger partial charge in [0.05, 0.1) is 0 Å². The maximum atomic E-state index is 12.7. The molecular formula is C21H27F3N6. The Balaban J connectivity index is 1.38. The lowest BCUT2D eigenvalue weighted by Crippen LogP contribution is -2.46. The second kappa shape index (κ2) is 8.37. The van der Waals surface area contributed by atoms with E-state index in [1.807, 2.05) is 19.0 Å². The number of hydrogen-bond donors (Lipinski definition) is 0. The van der Waals surface area contributed by atoms with Crippen molar-refractivity contribution in [1.82, 2.24) is 19.9 Å². The van der Waals surface area contributed by atoms with Gasteiger partial charge in [0, 0.05) is 58.1 Å². The number of pyridine rings is 1. The highest BCUT2D eigenvalue weighted by atomic mass is 19.4. The van der Waals surface area contributed by atoms with Crippen molar-refractivity contribution in [3.05, 3.63) is 42.0 Å². The Bertz CT molecular complexity index is 843. The Morgan fingerprint density at radius 2 is 1.63 bits per heavy atom. The summed E-state index contributed by atoms with van der Waals surface area (Å²) in [5, 5.41) is 0. The van der Waals surface area contributed by atoms with Gasteiger partial charge in [-0.1, -0.05) is 6.07 Å². The van der Waals surface area contributed by atoms with Crippen LogP contribution in [0.2, 0.25) is 0 Å². The molecule has 4 rings (SSSR count). The van der Waals surface area contributed by atoms with Crippen LogP contribution in [0.4, 0.5) is 24.8 Å². The fourth-order valence-corrected chi connectivity index (χ4v) is 4.05. The molecule has 3 heterocycles. The first-order chi connectivity index (χ1) is 14.3. The van der Waals surface area contributed by atoms with Crippen LogP contribution in [0.25, 0.3) is 0 Å². The summed E-state index contributed by atoms with van der Waals surface area (Å²) in [5.74, 6) is 1.89. The third-order valence-corrected chi connectivity index (χ3v) is 5.77. The molecule has 1 saturated carbocycles. The number of hydrogen-bond acceptors (Lipinski definition) is 6. The Kier molecular flexibility index (Phi) is 5.81. The van der Waals surface area contributed by atoms with E-state index in [4.69, 9.17) is 0 Å². The van der Waals surface area contributed by atoms with Gasteiger partial charge in [-0.15, -0.1) is 0 Å². The zero-order chi connectivity index (χ0) is 21.3. The van der Waals surface area contributed by atoms with Crippen LogP contribution in [-0.4, -0.2) is 59.1 Å². The molecule has 1 saturated heterocycles. The normalized spacial score (nSPS) is 18.4. The number of alkyl halides is 3. The highest BCUT2D eigenvalue weighted by molar-refractivity contribution is 5.51. The molecule has 9 heteroatoms. The van der Waals surface area contributed by atoms with Crippen LogP contribution in [0.3, 0.4) is 0 Å². The van der Waals surface area contributed by atoms with Gasteiger partial charge in [0.15, 0.2) is 0 Å². The van der Waals surface area contributed by atoms with Gasteiger partial charge in [-0.3, -0.25) is 9.88 Å². The first kappa shape index (κ1) is 20.8. The maximum Gasteiger partial charge on any atom is 0.433 e. The Morgan fingerprint density at radius 3 is 2.20 bits per heavy atom. The SMILES string of the molecule is CN(C)c1cc(N(C2CC2)C2CCN(Cc3ccc(C(F)(F)F)nc3)CC2)ncn1. The maximum absolute atomic E-state index is 12.7. The summed E-state index contributed by atoms with van der Waals surface area (Å²) >= 11 is 0. The van der Waals surface area contributed by atoms with Gasteiger partial charge in [0.2, 0.25) is 0 Å². The molecule has 0 bridgehead atoms. The van der Waals surface area contributed by atoms with Gasteiger partial charge in [-0.05, 0) is 37.3 Å². The largest absolute Gasteiger partial charge is 0.433 e. The monoisotopic (exact) mass is 420 g/mol. The van der Waals surface area contributed by atoms with Gasteiger partial charge >= 0.3 is 6.18 Å². The first-order valence-electron chi connectivity index (χ1n) is 10.3. The molecule has 30 heavy (non-hydrogen) atoms. The van der Waals surface area contributed by atoms with Crippen LogP contribution in [-0.2, 0) is 12.7 Å². The molecule has 0 aromatic carbocycles. The second-order valence-corrected chi connectivity index (χ2v) is 8.32. The Labute approximate surface area is 174 Å². The zero-order valence-electron chi connectivity index (χ0n) is 17.3. The predicted octanol–water partition coefficient (Wildman–Crippen LogP) is 3.59. The number of likely N-dealkylation sites (tertiary alicyclic amines) is 1. The van der Waals surface area contributed by atoms with E-state index in [2.05, 4.69) is 30.8 Å². The highest BCUT2D eigenvalue weighted by Crippen LogP contribution is 2.36. The van der Waals surface area contributed by atoms with Crippen LogP contribution in [0.1, 0.15) is 36.9 Å². The molecule has 162 valence electrons. The topological polar surface area (TPSA) is 48.4 Å². The van der Waals surface area contributed by atoms with Crippen molar-refractivity contribution in [1.29, 1.82) is 0 Å². The van der Waals surface area contributed by atoms with E-state index in [0.29, 0.717) is 18.6 Å². The van der Waals surface area contributed by atoms with Gasteiger partial charge in [0.1, 0.15) is 23.7 Å². The molecule has 0 atom stereocenters. The molecule has 0 amide bonds. The molecule has 6 nitrogen and oxygen atoms in total. The standard InChI is InChI=1S/C21H27F3N6/c1-28(2)19-11-20(27-14-26-19)30(16-4-5-16)17-7-9-29(10-8-17)13-15-3-6-18(25-12-15)21(22,23)24/h3,6,11-12,14,16-17H,4-5,7-10,13H2,1-2H3. The molecule has 2 aliphatic rings. The van der Waals surface area contributed by atoms with Crippen molar-refractivity contribution in [3.63, 3.8) is 0 Å². The van der Waals surface area contributed by atoms with Gasteiger partial charge < -0.3 is 9.80 Å². The highest BCUT2D eigenvalue weighted by Gasteiger charge is 2.37. The smallest absolute Gasteiger partial charge is 0.363 e. The minimum absolute atomic E-state index is 0.421. The summed E-state index contributed by atoms with van der Waals surface area (Å²) in [6.07, 6.45) is 2.98. The van der Waals surface area contributed by atoms with E-state index in [-0.39, 0.29) is 0 Å². The number of piperidine rings is 1. The van der Waals surface area contributed by atoms with Gasteiger partial charge in [0.25, 0.3) is 0 Å². The van der Waals surface area contributed by atoms with E-state index in [0.717, 1.165) is 49.2 Å². The molecule has 0 spiro atoms. The Morgan fingerprint density at radius 1 is 0.967 bits per heavy atom. The summed E-state index contributed by atoms with van der Waals surface area (Å²) in [7, 11) is 3.95. The van der Waals surface area contributed by atoms with Crippen molar-refractivity contribution in [2.24, 2.45) is 0 Å². The van der Waals surface area contributed by atoms with Crippen LogP contribution in [0, 0.1) is 0 Å². The minimum atomic E-state index is -4.39. The number of nitrogens with zero attached hydrogens (tertiary/aromatic N) is 6. The lowest BCUT2D eigenvalue weighted by atomic mass is 10.0. The van der Waals surface area contributed by atoms with E-state index < -0.39 is 11.9 Å². The molecule has 2 aromatic heterocycles. The van der Waals surface area contributed by atoms with Crippen LogP contribution >= 0.6 is 0 Å². The zero-order valence-corrected chi connectivity index (χ0v) is 17.3. The summed E-state index contributed by atoms with van der Waals surface area (Å²) in [5.41, 5.74) is -0.0288. The first-order valence-corrected chi connectivity index (χ1v) is 10.3. The molecule has 0 unspecified atom stereocenters. The number of rotatable bonds is 6. The minimum Gasteiger partial charge on any atom is -0.363 e. The molecule has 2 aromatic rings. The van der Waals surface area contributed by atoms with E-state index in [1.54, 1.807) is 6.33 Å². The van der Waals surface area contributed by atoms with E-state index in [1.165, 1.54) is 25.1 Å². The summed E-state index contributed by atoms with van der Waals surface area (Å²) in [6, 6.07) is 5.62. The molecule has 0 N–H and O–H groups in total. The van der Waals surface area contributed by atoms with Crippen LogP contribution < -0.4 is 9.80 Å². The van der Waals surface area contributed by atoms with E-state index >= 15 is 0 Å². The Hall–Kier alpha value is -2.42. The molecule has 1 aliphatic heterocycles. The van der Waals surface area contributed by atoms with Gasteiger partial charge in [-0.25, -0.2) is 9.97 Å². The third-order valence-electron chi connectivity index (χ3n) is 5.77. The molecule has 2 fully saturated rings. The lowest BCUT2D eigenvalue weighted by Gasteiger charge is -2.39. The van der Waals surface area contributed by atoms with Crippen LogP contribution in [0.15, 0.2) is 30.7 Å². The quantitative estimate of drug-likeness (QED) is 0.712. The fraction of sp³-hybridized carbons (Fsp3) is 0.571. The number of anilines is 2. The lowest BCUT2D eigenvalue weighted by molar-refractivity contribution is -0.141. The fourth-order valence-electron chi connectivity index (χ4n) is 4.05. The average Bonchev–Trinajstić information content (AvgIpc) is 3.54. The second-order valence-electron chi connectivity index (χ2n) is 8.32. The summed E-state index contributed by atoms with van der Waals surface area (Å²) in [6.45, 7) is 2.43. The predicted molar refractivity (Wildman–Crippen MR) is 109 cm³/mol. The van der Waals surface area contributed by atoms with Crippen molar-refractivity contribution < 1.29 is 13.2 Å².